The van der Waals surface area contributed by atoms with E-state index >= 15 is 0 Å². The lowest BCUT2D eigenvalue weighted by atomic mass is 9.94. The molecule has 0 aliphatic carbocycles. The predicted molar refractivity (Wildman–Crippen MR) is 75.0 cm³/mol. The van der Waals surface area contributed by atoms with Crippen LogP contribution in [-0.4, -0.2) is 30.9 Å². The van der Waals surface area contributed by atoms with Gasteiger partial charge in [-0.1, -0.05) is 25.3 Å². The molecule has 0 atom stereocenters. The summed E-state index contributed by atoms with van der Waals surface area (Å²) in [5, 5.41) is 0. The van der Waals surface area contributed by atoms with Crippen molar-refractivity contribution in [2.45, 2.75) is 32.6 Å². The molecule has 0 saturated heterocycles. The first-order valence-corrected chi connectivity index (χ1v) is 6.54. The molecule has 0 aliphatic heterocycles. The number of ether oxygens (including phenoxy) is 2. The Labute approximate surface area is 119 Å². The van der Waals surface area contributed by atoms with Crippen molar-refractivity contribution in [3.8, 4) is 0 Å². The van der Waals surface area contributed by atoms with Gasteiger partial charge in [0, 0.05) is 18.8 Å². The Morgan fingerprint density at radius 2 is 1.35 bits per heavy atom. The van der Waals surface area contributed by atoms with Crippen molar-refractivity contribution in [3.63, 3.8) is 0 Å². The maximum absolute atomic E-state index is 11.5. The van der Waals surface area contributed by atoms with Crippen molar-refractivity contribution < 1.29 is 23.9 Å². The van der Waals surface area contributed by atoms with Gasteiger partial charge in [-0.3, -0.25) is 14.4 Å². The number of rotatable bonds is 11. The first-order chi connectivity index (χ1) is 9.51. The van der Waals surface area contributed by atoms with Crippen LogP contribution in [0.5, 0.6) is 0 Å². The predicted octanol–water partition coefficient (Wildman–Crippen LogP) is 2.21. The number of Topliss-reactive ketones (excluding diaryl/α,β-unsaturated/α-hetero) is 1. The lowest BCUT2D eigenvalue weighted by molar-refractivity contribution is -0.142. The van der Waals surface area contributed by atoms with E-state index in [-0.39, 0.29) is 49.7 Å². The van der Waals surface area contributed by atoms with Gasteiger partial charge in [0.15, 0.2) is 0 Å². The number of hydrogen-bond acceptors (Lipinski definition) is 5. The maximum Gasteiger partial charge on any atom is 0.306 e. The van der Waals surface area contributed by atoms with Crippen LogP contribution >= 0.6 is 0 Å². The quantitative estimate of drug-likeness (QED) is 0.429. The summed E-state index contributed by atoms with van der Waals surface area (Å²) in [6, 6.07) is 0. The highest BCUT2D eigenvalue weighted by molar-refractivity contribution is 5.80. The summed E-state index contributed by atoms with van der Waals surface area (Å²) in [5.41, 5.74) is 0. The van der Waals surface area contributed by atoms with Crippen LogP contribution in [0.1, 0.15) is 32.6 Å². The van der Waals surface area contributed by atoms with Gasteiger partial charge in [-0.2, -0.15) is 0 Å². The third-order valence-corrected chi connectivity index (χ3v) is 2.69. The number of esters is 2. The largest absolute Gasteiger partial charge is 0.461 e. The maximum atomic E-state index is 11.5. The van der Waals surface area contributed by atoms with Crippen molar-refractivity contribution >= 4 is 17.7 Å². The number of carbonyl (C=O) groups excluding carboxylic acids is 3. The van der Waals surface area contributed by atoms with E-state index < -0.39 is 0 Å². The van der Waals surface area contributed by atoms with Crippen molar-refractivity contribution in [2.75, 3.05) is 13.2 Å². The summed E-state index contributed by atoms with van der Waals surface area (Å²) >= 11 is 0. The van der Waals surface area contributed by atoms with Gasteiger partial charge >= 0.3 is 11.9 Å². The van der Waals surface area contributed by atoms with Crippen molar-refractivity contribution in [1.82, 2.24) is 0 Å². The molecule has 0 saturated carbocycles. The van der Waals surface area contributed by atoms with Crippen molar-refractivity contribution in [3.05, 3.63) is 25.3 Å². The van der Waals surface area contributed by atoms with E-state index in [9.17, 15) is 14.4 Å². The summed E-state index contributed by atoms with van der Waals surface area (Å²) in [5.74, 6) is -1.11. The second kappa shape index (κ2) is 11.0. The van der Waals surface area contributed by atoms with Crippen molar-refractivity contribution in [1.29, 1.82) is 0 Å². The van der Waals surface area contributed by atoms with Crippen LogP contribution in [0.4, 0.5) is 0 Å². The molecule has 5 heteroatoms. The minimum absolute atomic E-state index is 0.0435. The molecular formula is C15H22O5. The first-order valence-electron chi connectivity index (χ1n) is 6.54. The molecule has 112 valence electrons. The Morgan fingerprint density at radius 3 is 1.65 bits per heavy atom. The summed E-state index contributed by atoms with van der Waals surface area (Å²) in [6.45, 7) is 8.66. The SMILES string of the molecule is C=CCOC(=O)CCC(CCC(=O)OCC=C)C(C)=O. The Morgan fingerprint density at radius 1 is 0.950 bits per heavy atom. The Balaban J connectivity index is 4.07. The molecule has 0 aromatic rings. The lowest BCUT2D eigenvalue weighted by Gasteiger charge is -2.12. The van der Waals surface area contributed by atoms with Crippen LogP contribution < -0.4 is 0 Å². The van der Waals surface area contributed by atoms with Crippen LogP contribution in [0.3, 0.4) is 0 Å². The molecule has 0 amide bonds. The minimum Gasteiger partial charge on any atom is -0.461 e. The van der Waals surface area contributed by atoms with Gasteiger partial charge in [-0.15, -0.1) is 0 Å². The molecule has 0 spiro atoms. The van der Waals surface area contributed by atoms with Gasteiger partial charge < -0.3 is 9.47 Å². The molecule has 5 nitrogen and oxygen atoms in total. The van der Waals surface area contributed by atoms with Gasteiger partial charge in [0.25, 0.3) is 0 Å². The highest BCUT2D eigenvalue weighted by Gasteiger charge is 2.18. The highest BCUT2D eigenvalue weighted by Crippen LogP contribution is 2.16. The zero-order valence-corrected chi connectivity index (χ0v) is 11.9. The zero-order valence-electron chi connectivity index (χ0n) is 11.9. The number of ketones is 1. The van der Waals surface area contributed by atoms with Crippen LogP contribution in [0, 0.1) is 5.92 Å². The molecule has 0 unspecified atom stereocenters. The number of hydrogen-bond donors (Lipinski definition) is 0. The fraction of sp³-hybridized carbons (Fsp3) is 0.533. The van der Waals surface area contributed by atoms with E-state index in [4.69, 9.17) is 9.47 Å². The fourth-order valence-electron chi connectivity index (χ4n) is 1.58. The second-order valence-electron chi connectivity index (χ2n) is 4.33. The standard InChI is InChI=1S/C15H22O5/c1-4-10-19-14(17)8-6-13(12(3)16)7-9-15(18)20-11-5-2/h4-5,13H,1-2,6-11H2,3H3. The fourth-order valence-corrected chi connectivity index (χ4v) is 1.58. The number of carbonyl (C=O) groups is 3. The van der Waals surface area contributed by atoms with E-state index in [2.05, 4.69) is 13.2 Å². The summed E-state index contributed by atoms with van der Waals surface area (Å²) in [7, 11) is 0. The summed E-state index contributed by atoms with van der Waals surface area (Å²) in [4.78, 5) is 34.1. The Kier molecular flexibility index (Phi) is 9.92. The zero-order chi connectivity index (χ0) is 15.4. The molecule has 20 heavy (non-hydrogen) atoms. The monoisotopic (exact) mass is 282 g/mol. The molecule has 0 fully saturated rings. The molecule has 0 radical (unpaired) electrons. The normalized spacial score (nSPS) is 9.90. The van der Waals surface area contributed by atoms with Gasteiger partial charge in [-0.05, 0) is 19.8 Å². The van der Waals surface area contributed by atoms with Gasteiger partial charge in [-0.25, -0.2) is 0 Å². The van der Waals surface area contributed by atoms with Crippen molar-refractivity contribution in [2.24, 2.45) is 5.92 Å². The lowest BCUT2D eigenvalue weighted by Crippen LogP contribution is -2.16. The van der Waals surface area contributed by atoms with Crippen LogP contribution in [0.15, 0.2) is 25.3 Å². The molecule has 0 bridgehead atoms. The summed E-state index contributed by atoms with van der Waals surface area (Å²) < 4.78 is 9.66. The molecule has 0 aromatic carbocycles. The van der Waals surface area contributed by atoms with Gasteiger partial charge in [0.1, 0.15) is 19.0 Å². The molecule has 0 aliphatic rings. The molecule has 0 aromatic heterocycles. The van der Waals surface area contributed by atoms with E-state index in [1.807, 2.05) is 0 Å². The van der Waals surface area contributed by atoms with Gasteiger partial charge in [0.05, 0.1) is 0 Å². The smallest absolute Gasteiger partial charge is 0.306 e. The Bertz CT molecular complexity index is 331. The van der Waals surface area contributed by atoms with Gasteiger partial charge in [0.2, 0.25) is 0 Å². The van der Waals surface area contributed by atoms with E-state index in [0.717, 1.165) is 0 Å². The van der Waals surface area contributed by atoms with E-state index in [0.29, 0.717) is 12.8 Å². The van der Waals surface area contributed by atoms with Crippen LogP contribution in [0.2, 0.25) is 0 Å². The van der Waals surface area contributed by atoms with E-state index in [1.165, 1.54) is 19.1 Å². The third kappa shape index (κ3) is 9.08. The minimum atomic E-state index is -0.370. The average molecular weight is 282 g/mol. The Hall–Kier alpha value is -1.91. The molecular weight excluding hydrogens is 260 g/mol. The average Bonchev–Trinajstić information content (AvgIpc) is 2.42. The second-order valence-corrected chi connectivity index (χ2v) is 4.33. The highest BCUT2D eigenvalue weighted by atomic mass is 16.5. The molecule has 0 heterocycles. The molecule has 0 rings (SSSR count). The first kappa shape index (κ1) is 18.1. The van der Waals surface area contributed by atoms with Crippen LogP contribution in [0.25, 0.3) is 0 Å². The van der Waals surface area contributed by atoms with Crippen LogP contribution in [-0.2, 0) is 23.9 Å². The summed E-state index contributed by atoms with van der Waals surface area (Å²) in [6.07, 6.45) is 4.02. The third-order valence-electron chi connectivity index (χ3n) is 2.69. The molecule has 0 N–H and O–H groups in total. The topological polar surface area (TPSA) is 69.7 Å². The van der Waals surface area contributed by atoms with E-state index in [1.54, 1.807) is 0 Å².